The summed E-state index contributed by atoms with van der Waals surface area (Å²) >= 11 is 6.22. The fraction of sp³-hybridized carbons (Fsp3) is 0.203. The number of halogens is 1. The van der Waals surface area contributed by atoms with E-state index in [0.717, 1.165) is 88.6 Å². The van der Waals surface area contributed by atoms with Crippen LogP contribution in [0, 0.1) is 0 Å². The van der Waals surface area contributed by atoms with Crippen LogP contribution in [0.3, 0.4) is 0 Å². The zero-order valence-corrected chi connectivity index (χ0v) is 45.1. The van der Waals surface area contributed by atoms with E-state index in [4.69, 9.17) is 21.1 Å². The summed E-state index contributed by atoms with van der Waals surface area (Å²) in [6.45, 7) is 5.36. The molecule has 2 N–H and O–H groups in total. The van der Waals surface area contributed by atoms with Crippen molar-refractivity contribution < 1.29 is 24.5 Å². The van der Waals surface area contributed by atoms with Crippen molar-refractivity contribution in [3.8, 4) is 17.2 Å². The second-order valence-corrected chi connectivity index (χ2v) is 20.6. The molecule has 12 rings (SSSR count). The zero-order valence-electron chi connectivity index (χ0n) is 44.3. The van der Waals surface area contributed by atoms with Crippen LogP contribution in [0.25, 0.3) is 32.3 Å². The lowest BCUT2D eigenvalue weighted by atomic mass is 9.90. The minimum atomic E-state index is -0.470. The Morgan fingerprint density at radius 1 is 0.474 bits per heavy atom. The summed E-state index contributed by atoms with van der Waals surface area (Å²) in [6, 6.07) is 74.5. The molecule has 2 fully saturated rings. The van der Waals surface area contributed by atoms with Crippen molar-refractivity contribution >= 4 is 49.9 Å². The zero-order chi connectivity index (χ0) is 53.8. The molecule has 10 aromatic rings. The topological polar surface area (TPSA) is 85.7 Å². The van der Waals surface area contributed by atoms with Gasteiger partial charge in [-0.1, -0.05) is 212 Å². The molecule has 2 aliphatic rings. The number of fused-ring (bicyclic) bond motifs is 3. The van der Waals surface area contributed by atoms with Gasteiger partial charge in [0.05, 0.1) is 41.9 Å². The summed E-state index contributed by atoms with van der Waals surface area (Å²) in [7, 11) is 4.05. The lowest BCUT2D eigenvalue weighted by Gasteiger charge is -2.36. The SMILES string of the molecule is CN(C)C(c1ccccc1)c1c(OC(=O)c2ccccc2Cl)ccc2ccccc12.Oc1ccc2ccccc2c1C(c1ccccc1)N1CCCCC1.Oc1ccc2ccccc2c1C(c1ccccc1)N1CCOCC1. The smallest absolute Gasteiger partial charge is 0.345 e. The number of carbonyl (C=O) groups is 1. The van der Waals surface area contributed by atoms with Crippen LogP contribution in [0.4, 0.5) is 0 Å². The van der Waals surface area contributed by atoms with E-state index >= 15 is 0 Å². The van der Waals surface area contributed by atoms with Crippen LogP contribution < -0.4 is 4.74 Å². The molecule has 9 heteroatoms. The molecule has 0 spiro atoms. The van der Waals surface area contributed by atoms with E-state index in [-0.39, 0.29) is 18.1 Å². The van der Waals surface area contributed by atoms with Crippen molar-refractivity contribution in [1.82, 2.24) is 14.7 Å². The van der Waals surface area contributed by atoms with Crippen LogP contribution in [-0.2, 0) is 4.74 Å². The molecule has 2 heterocycles. The first-order valence-corrected chi connectivity index (χ1v) is 27.4. The molecule has 3 atom stereocenters. The van der Waals surface area contributed by atoms with Crippen molar-refractivity contribution in [1.29, 1.82) is 0 Å². The van der Waals surface area contributed by atoms with Crippen molar-refractivity contribution in [2.45, 2.75) is 37.4 Å². The van der Waals surface area contributed by atoms with E-state index in [1.54, 1.807) is 24.3 Å². The number of benzene rings is 10. The Morgan fingerprint density at radius 3 is 1.37 bits per heavy atom. The number of ether oxygens (including phenoxy) is 2. The molecule has 0 saturated carbocycles. The maximum Gasteiger partial charge on any atom is 0.345 e. The molecular weight excluding hydrogens is 986 g/mol. The maximum atomic E-state index is 12.9. The van der Waals surface area contributed by atoms with Crippen molar-refractivity contribution in [2.75, 3.05) is 53.5 Å². The molecule has 394 valence electrons. The van der Waals surface area contributed by atoms with Crippen LogP contribution in [0.2, 0.25) is 5.02 Å². The average Bonchev–Trinajstić information content (AvgIpc) is 3.54. The number of morpholine rings is 1. The van der Waals surface area contributed by atoms with Crippen LogP contribution in [0.5, 0.6) is 17.2 Å². The number of nitrogens with zero attached hydrogens (tertiary/aromatic N) is 3. The van der Waals surface area contributed by atoms with Crippen LogP contribution in [-0.4, -0.2) is 84.4 Å². The third-order valence-electron chi connectivity index (χ3n) is 15.0. The lowest BCUT2D eigenvalue weighted by molar-refractivity contribution is 0.0238. The summed E-state index contributed by atoms with van der Waals surface area (Å²) in [6.07, 6.45) is 3.77. The second kappa shape index (κ2) is 25.6. The highest BCUT2D eigenvalue weighted by atomic mass is 35.5. The monoisotopic (exact) mass is 1050 g/mol. The van der Waals surface area contributed by atoms with E-state index in [1.807, 2.05) is 99.0 Å². The van der Waals surface area contributed by atoms with E-state index in [0.29, 0.717) is 27.8 Å². The quantitative estimate of drug-likeness (QED) is 0.0979. The summed E-state index contributed by atoms with van der Waals surface area (Å²) in [5.74, 6) is 0.811. The first-order chi connectivity index (χ1) is 38.2. The summed E-state index contributed by atoms with van der Waals surface area (Å²) in [5, 5.41) is 28.6. The second-order valence-electron chi connectivity index (χ2n) is 20.2. The van der Waals surface area contributed by atoms with Gasteiger partial charge in [0, 0.05) is 29.8 Å². The van der Waals surface area contributed by atoms with E-state index in [2.05, 4.69) is 130 Å². The van der Waals surface area contributed by atoms with Gasteiger partial charge in [0.25, 0.3) is 0 Å². The Balaban J connectivity index is 0.000000133. The maximum absolute atomic E-state index is 12.9. The highest BCUT2D eigenvalue weighted by molar-refractivity contribution is 6.33. The summed E-state index contributed by atoms with van der Waals surface area (Å²) in [5.41, 5.74) is 6.90. The predicted molar refractivity (Wildman–Crippen MR) is 318 cm³/mol. The van der Waals surface area contributed by atoms with Crippen LogP contribution in [0.15, 0.2) is 224 Å². The van der Waals surface area contributed by atoms with Gasteiger partial charge in [0.2, 0.25) is 0 Å². The summed E-state index contributed by atoms with van der Waals surface area (Å²) < 4.78 is 11.5. The van der Waals surface area contributed by atoms with Gasteiger partial charge in [-0.2, -0.15) is 0 Å². The Bertz CT molecular complexity index is 3440. The number of carbonyl (C=O) groups excluding carboxylic acids is 1. The van der Waals surface area contributed by atoms with Gasteiger partial charge in [-0.05, 0) is 119 Å². The van der Waals surface area contributed by atoms with Crippen LogP contribution in [0.1, 0.15) is 81.1 Å². The molecular formula is C69H66ClN3O5. The molecule has 3 unspecified atom stereocenters. The highest BCUT2D eigenvalue weighted by Crippen LogP contribution is 2.43. The predicted octanol–water partition coefficient (Wildman–Crippen LogP) is 15.5. The fourth-order valence-electron chi connectivity index (χ4n) is 11.3. The third-order valence-corrected chi connectivity index (χ3v) is 15.3. The summed E-state index contributed by atoms with van der Waals surface area (Å²) in [4.78, 5) is 20.0. The van der Waals surface area contributed by atoms with Gasteiger partial charge < -0.3 is 19.7 Å². The van der Waals surface area contributed by atoms with Gasteiger partial charge in [0.15, 0.2) is 0 Å². The Hall–Kier alpha value is -7.82. The van der Waals surface area contributed by atoms with Gasteiger partial charge in [-0.15, -0.1) is 0 Å². The Labute approximate surface area is 463 Å². The standard InChI is InChI=1S/C26H22ClNO2.C22H23NO.C21H21NO2/c1-28(2)25(19-11-4-3-5-12-19)24-20-13-7-6-10-18(20)16-17-23(24)30-26(29)21-14-8-9-15-22(21)27;24-20-14-13-17-9-5-6-12-19(17)21(20)22(18-10-3-1-4-11-18)23-15-7-2-8-16-23;23-19-11-10-16-6-4-5-9-18(16)20(19)21(17-7-2-1-3-8-17)22-12-14-24-15-13-22/h3-17,25H,1-2H3;1,3-6,9-14,22,24H,2,7-8,15-16H2;1-11,21,23H,12-15H2. The molecule has 78 heavy (non-hydrogen) atoms. The van der Waals surface area contributed by atoms with Crippen molar-refractivity contribution in [3.05, 3.63) is 268 Å². The number of likely N-dealkylation sites (tertiary alicyclic amines) is 1. The molecule has 2 aliphatic heterocycles. The number of phenolic OH excluding ortho intramolecular Hbond substituents is 2. The third kappa shape index (κ3) is 12.1. The fourth-order valence-corrected chi connectivity index (χ4v) is 11.5. The average molecular weight is 1050 g/mol. The lowest BCUT2D eigenvalue weighted by Crippen LogP contribution is -2.39. The molecule has 0 bridgehead atoms. The minimum absolute atomic E-state index is 0.0289. The van der Waals surface area contributed by atoms with Gasteiger partial charge in [0.1, 0.15) is 17.2 Å². The number of phenols is 2. The van der Waals surface area contributed by atoms with E-state index in [1.165, 1.54) is 35.8 Å². The molecule has 0 aromatic heterocycles. The van der Waals surface area contributed by atoms with Crippen molar-refractivity contribution in [3.63, 3.8) is 0 Å². The Kier molecular flexibility index (Phi) is 17.6. The largest absolute Gasteiger partial charge is 0.508 e. The number of esters is 1. The number of hydrogen-bond acceptors (Lipinski definition) is 8. The Morgan fingerprint density at radius 2 is 0.885 bits per heavy atom. The molecule has 0 aliphatic carbocycles. The van der Waals surface area contributed by atoms with Gasteiger partial charge >= 0.3 is 5.97 Å². The molecule has 2 saturated heterocycles. The number of rotatable bonds is 11. The van der Waals surface area contributed by atoms with Crippen molar-refractivity contribution in [2.24, 2.45) is 0 Å². The molecule has 8 nitrogen and oxygen atoms in total. The normalized spacial score (nSPS) is 15.1. The van der Waals surface area contributed by atoms with E-state index in [9.17, 15) is 15.0 Å². The molecule has 0 radical (unpaired) electrons. The number of aromatic hydroxyl groups is 2. The number of hydrogen-bond donors (Lipinski definition) is 2. The van der Waals surface area contributed by atoms with Gasteiger partial charge in [-0.3, -0.25) is 14.7 Å². The first-order valence-electron chi connectivity index (χ1n) is 27.0. The first kappa shape index (κ1) is 53.6. The van der Waals surface area contributed by atoms with Crippen LogP contribution >= 0.6 is 11.6 Å². The molecule has 10 aromatic carbocycles. The highest BCUT2D eigenvalue weighted by Gasteiger charge is 2.30. The van der Waals surface area contributed by atoms with E-state index < -0.39 is 5.97 Å². The number of piperidine rings is 1. The minimum Gasteiger partial charge on any atom is -0.508 e. The van der Waals surface area contributed by atoms with Gasteiger partial charge in [-0.25, -0.2) is 4.79 Å². The molecule has 0 amide bonds.